The number of rotatable bonds is 5. The summed E-state index contributed by atoms with van der Waals surface area (Å²) < 4.78 is 8.08. The Morgan fingerprint density at radius 1 is 1.07 bits per heavy atom. The summed E-state index contributed by atoms with van der Waals surface area (Å²) in [4.78, 5) is 16.0. The highest BCUT2D eigenvalue weighted by molar-refractivity contribution is 5.69. The maximum absolute atomic E-state index is 6.09. The smallest absolute Gasteiger partial charge is 0.219 e. The lowest BCUT2D eigenvalue weighted by Gasteiger charge is -2.32. The summed E-state index contributed by atoms with van der Waals surface area (Å²) in [5.74, 6) is 3.75. The Morgan fingerprint density at radius 3 is 2.62 bits per heavy atom. The second-order valence-electron chi connectivity index (χ2n) is 8.45. The standard InChI is InChI=1S/C22H28N6O/c1-14-15(2)24-16(3)25-22(14)29-13-17-6-9-27(10-7-17)21-20-12-19(18-4-5-18)26-28(20)11-8-23-21/h8,11-12,17-18H,4-7,9-10,13H2,1-3H3. The fourth-order valence-corrected chi connectivity index (χ4v) is 4.14. The molecule has 7 nitrogen and oxygen atoms in total. The number of fused-ring (bicyclic) bond motifs is 1. The molecule has 1 saturated heterocycles. The van der Waals surface area contributed by atoms with Crippen LogP contribution in [0.3, 0.4) is 0 Å². The van der Waals surface area contributed by atoms with Crippen LogP contribution in [-0.4, -0.2) is 44.3 Å². The number of ether oxygens (including phenoxy) is 1. The molecule has 5 rings (SSSR count). The molecule has 1 saturated carbocycles. The maximum Gasteiger partial charge on any atom is 0.219 e. The maximum atomic E-state index is 6.09. The lowest BCUT2D eigenvalue weighted by Crippen LogP contribution is -2.36. The number of piperidine rings is 1. The van der Waals surface area contributed by atoms with Gasteiger partial charge < -0.3 is 9.64 Å². The van der Waals surface area contributed by atoms with Crippen LogP contribution in [0.4, 0.5) is 5.82 Å². The van der Waals surface area contributed by atoms with Crippen molar-refractivity contribution in [2.75, 3.05) is 24.6 Å². The summed E-state index contributed by atoms with van der Waals surface area (Å²) in [5.41, 5.74) is 4.38. The Bertz CT molecular complexity index is 1030. The average molecular weight is 393 g/mol. The molecular formula is C22H28N6O. The van der Waals surface area contributed by atoms with Crippen molar-refractivity contribution in [3.05, 3.63) is 41.2 Å². The molecule has 0 aromatic carbocycles. The molecule has 7 heteroatoms. The lowest BCUT2D eigenvalue weighted by molar-refractivity contribution is 0.214. The second-order valence-corrected chi connectivity index (χ2v) is 8.45. The number of anilines is 1. The zero-order valence-electron chi connectivity index (χ0n) is 17.4. The topological polar surface area (TPSA) is 68.4 Å². The number of aromatic nitrogens is 5. The van der Waals surface area contributed by atoms with Gasteiger partial charge >= 0.3 is 0 Å². The first-order chi connectivity index (χ1) is 14.1. The molecule has 0 N–H and O–H groups in total. The third-order valence-electron chi connectivity index (χ3n) is 6.21. The summed E-state index contributed by atoms with van der Waals surface area (Å²) in [6, 6.07) is 2.23. The van der Waals surface area contributed by atoms with Gasteiger partial charge in [-0.2, -0.15) is 10.1 Å². The van der Waals surface area contributed by atoms with E-state index < -0.39 is 0 Å². The van der Waals surface area contributed by atoms with E-state index in [1.165, 1.54) is 18.5 Å². The van der Waals surface area contributed by atoms with Crippen LogP contribution >= 0.6 is 0 Å². The largest absolute Gasteiger partial charge is 0.477 e. The summed E-state index contributed by atoms with van der Waals surface area (Å²) in [6.07, 6.45) is 8.54. The van der Waals surface area contributed by atoms with Crippen molar-refractivity contribution in [3.8, 4) is 5.88 Å². The summed E-state index contributed by atoms with van der Waals surface area (Å²) in [6.45, 7) is 8.64. The molecule has 1 aliphatic carbocycles. The summed E-state index contributed by atoms with van der Waals surface area (Å²) in [5, 5.41) is 4.75. The predicted octanol–water partition coefficient (Wildman–Crippen LogP) is 3.62. The zero-order chi connectivity index (χ0) is 20.0. The minimum atomic E-state index is 0.535. The Morgan fingerprint density at radius 2 is 1.86 bits per heavy atom. The number of aryl methyl sites for hydroxylation is 2. The van der Waals surface area contributed by atoms with E-state index in [0.29, 0.717) is 18.4 Å². The molecule has 1 aliphatic heterocycles. The molecule has 0 radical (unpaired) electrons. The monoisotopic (exact) mass is 392 g/mol. The van der Waals surface area contributed by atoms with Gasteiger partial charge in [0.15, 0.2) is 5.82 Å². The van der Waals surface area contributed by atoms with Crippen molar-refractivity contribution < 1.29 is 4.74 Å². The number of hydrogen-bond donors (Lipinski definition) is 0. The highest BCUT2D eigenvalue weighted by Gasteiger charge is 2.28. The SMILES string of the molecule is Cc1nc(C)c(C)c(OCC2CCN(c3nccn4nc(C5CC5)cc34)CC2)n1. The van der Waals surface area contributed by atoms with E-state index in [2.05, 4.69) is 20.9 Å². The van der Waals surface area contributed by atoms with Gasteiger partial charge in [-0.15, -0.1) is 0 Å². The van der Waals surface area contributed by atoms with Crippen LogP contribution in [0.5, 0.6) is 5.88 Å². The Balaban J connectivity index is 1.24. The van der Waals surface area contributed by atoms with Crippen LogP contribution in [-0.2, 0) is 0 Å². The molecule has 0 unspecified atom stereocenters. The molecule has 3 aromatic rings. The van der Waals surface area contributed by atoms with E-state index in [1.54, 1.807) is 0 Å². The van der Waals surface area contributed by atoms with Crippen LogP contribution in [0, 0.1) is 26.7 Å². The van der Waals surface area contributed by atoms with Crippen molar-refractivity contribution >= 4 is 11.3 Å². The first kappa shape index (κ1) is 18.3. The fourth-order valence-electron chi connectivity index (χ4n) is 4.14. The quantitative estimate of drug-likeness (QED) is 0.661. The molecule has 3 aromatic heterocycles. The molecule has 152 valence electrons. The first-order valence-corrected chi connectivity index (χ1v) is 10.6. The van der Waals surface area contributed by atoms with E-state index in [9.17, 15) is 0 Å². The van der Waals surface area contributed by atoms with Gasteiger partial charge in [0.05, 0.1) is 12.3 Å². The van der Waals surface area contributed by atoms with Crippen molar-refractivity contribution in [2.45, 2.75) is 52.4 Å². The molecule has 0 amide bonds. The molecule has 2 fully saturated rings. The Kier molecular flexibility index (Phi) is 4.60. The van der Waals surface area contributed by atoms with Crippen molar-refractivity contribution in [1.82, 2.24) is 24.6 Å². The predicted molar refractivity (Wildman–Crippen MR) is 112 cm³/mol. The molecule has 0 spiro atoms. The normalized spacial score (nSPS) is 17.8. The van der Waals surface area contributed by atoms with E-state index >= 15 is 0 Å². The van der Waals surface area contributed by atoms with Crippen LogP contribution in [0.1, 0.15) is 54.4 Å². The molecule has 29 heavy (non-hydrogen) atoms. The minimum Gasteiger partial charge on any atom is -0.477 e. The van der Waals surface area contributed by atoms with Gasteiger partial charge in [-0.25, -0.2) is 14.5 Å². The Labute approximate surface area is 171 Å². The zero-order valence-corrected chi connectivity index (χ0v) is 17.4. The fraction of sp³-hybridized carbons (Fsp3) is 0.545. The minimum absolute atomic E-state index is 0.535. The van der Waals surface area contributed by atoms with Crippen LogP contribution in [0.25, 0.3) is 5.52 Å². The van der Waals surface area contributed by atoms with Gasteiger partial charge in [-0.3, -0.25) is 0 Å². The highest BCUT2D eigenvalue weighted by atomic mass is 16.5. The van der Waals surface area contributed by atoms with Gasteiger partial charge in [0, 0.05) is 42.7 Å². The first-order valence-electron chi connectivity index (χ1n) is 10.6. The molecule has 0 bridgehead atoms. The van der Waals surface area contributed by atoms with Gasteiger partial charge in [0.1, 0.15) is 11.3 Å². The third kappa shape index (κ3) is 3.66. The van der Waals surface area contributed by atoms with Crippen LogP contribution in [0.15, 0.2) is 18.5 Å². The van der Waals surface area contributed by atoms with Crippen molar-refractivity contribution in [3.63, 3.8) is 0 Å². The molecule has 4 heterocycles. The highest BCUT2D eigenvalue weighted by Crippen LogP contribution is 2.40. The summed E-state index contributed by atoms with van der Waals surface area (Å²) in [7, 11) is 0. The van der Waals surface area contributed by atoms with Crippen molar-refractivity contribution in [2.24, 2.45) is 5.92 Å². The molecular weight excluding hydrogens is 364 g/mol. The molecule has 0 atom stereocenters. The van der Waals surface area contributed by atoms with E-state index in [0.717, 1.165) is 60.2 Å². The Hall–Kier alpha value is -2.70. The number of nitrogens with zero attached hydrogens (tertiary/aromatic N) is 6. The van der Waals surface area contributed by atoms with Crippen LogP contribution < -0.4 is 9.64 Å². The van der Waals surface area contributed by atoms with E-state index in [4.69, 9.17) is 14.8 Å². The third-order valence-corrected chi connectivity index (χ3v) is 6.21. The van der Waals surface area contributed by atoms with Gasteiger partial charge in [0.2, 0.25) is 5.88 Å². The average Bonchev–Trinajstić information content (AvgIpc) is 3.48. The van der Waals surface area contributed by atoms with Gasteiger partial charge in [-0.1, -0.05) is 0 Å². The second kappa shape index (κ2) is 7.28. The van der Waals surface area contributed by atoms with E-state index in [-0.39, 0.29) is 0 Å². The molecule has 2 aliphatic rings. The summed E-state index contributed by atoms with van der Waals surface area (Å²) >= 11 is 0. The number of hydrogen-bond acceptors (Lipinski definition) is 6. The van der Waals surface area contributed by atoms with E-state index in [1.807, 2.05) is 37.7 Å². The van der Waals surface area contributed by atoms with Gasteiger partial charge in [-0.05, 0) is 58.4 Å². The van der Waals surface area contributed by atoms with Crippen molar-refractivity contribution in [1.29, 1.82) is 0 Å². The van der Waals surface area contributed by atoms with Crippen LogP contribution in [0.2, 0.25) is 0 Å². The van der Waals surface area contributed by atoms with Gasteiger partial charge in [0.25, 0.3) is 0 Å². The lowest BCUT2D eigenvalue weighted by atomic mass is 9.98.